The van der Waals surface area contributed by atoms with E-state index in [0.717, 1.165) is 4.68 Å². The standard InChI is InChI=1S/C9H12ClN3O3/c1-6-7(10)11-9(15)13(8(6)14)12-2-4-16-5-3-12/h2-5H2,1H3,(H,11,15). The summed E-state index contributed by atoms with van der Waals surface area (Å²) in [6, 6.07) is 0. The van der Waals surface area contributed by atoms with Crippen LogP contribution in [0.3, 0.4) is 0 Å². The van der Waals surface area contributed by atoms with Crippen LogP contribution >= 0.6 is 11.6 Å². The molecule has 1 aromatic heterocycles. The summed E-state index contributed by atoms with van der Waals surface area (Å²) in [6.07, 6.45) is 0. The third kappa shape index (κ3) is 1.85. The lowest BCUT2D eigenvalue weighted by molar-refractivity contribution is 0.110. The Morgan fingerprint density at radius 2 is 1.94 bits per heavy atom. The zero-order valence-electron chi connectivity index (χ0n) is 8.83. The van der Waals surface area contributed by atoms with E-state index in [0.29, 0.717) is 31.9 Å². The van der Waals surface area contributed by atoms with Crippen molar-refractivity contribution in [3.63, 3.8) is 0 Å². The lowest BCUT2D eigenvalue weighted by atomic mass is 10.4. The minimum absolute atomic E-state index is 0.0968. The second kappa shape index (κ2) is 4.31. The summed E-state index contributed by atoms with van der Waals surface area (Å²) in [5.41, 5.74) is -0.550. The normalized spacial score (nSPS) is 16.5. The molecule has 6 nitrogen and oxygen atoms in total. The van der Waals surface area contributed by atoms with Crippen molar-refractivity contribution in [2.75, 3.05) is 31.3 Å². The van der Waals surface area contributed by atoms with Gasteiger partial charge in [0, 0.05) is 0 Å². The van der Waals surface area contributed by atoms with Gasteiger partial charge in [-0.1, -0.05) is 11.6 Å². The van der Waals surface area contributed by atoms with E-state index in [1.807, 2.05) is 0 Å². The van der Waals surface area contributed by atoms with Crippen LogP contribution in [-0.4, -0.2) is 36.0 Å². The number of H-pyrrole nitrogens is 1. The number of hydrogen-bond donors (Lipinski definition) is 1. The van der Waals surface area contributed by atoms with E-state index >= 15 is 0 Å². The van der Waals surface area contributed by atoms with Gasteiger partial charge in [-0.05, 0) is 6.92 Å². The van der Waals surface area contributed by atoms with Crippen molar-refractivity contribution in [1.29, 1.82) is 0 Å². The third-order valence-electron chi connectivity index (χ3n) is 2.52. The lowest BCUT2D eigenvalue weighted by Gasteiger charge is -2.29. The van der Waals surface area contributed by atoms with Gasteiger partial charge >= 0.3 is 5.69 Å². The lowest BCUT2D eigenvalue weighted by Crippen LogP contribution is -2.55. The molecular formula is C9H12ClN3O3. The summed E-state index contributed by atoms with van der Waals surface area (Å²) in [5.74, 6) is 0. The molecule has 1 N–H and O–H groups in total. The zero-order chi connectivity index (χ0) is 11.7. The summed E-state index contributed by atoms with van der Waals surface area (Å²) in [4.78, 5) is 26.0. The highest BCUT2D eigenvalue weighted by Gasteiger charge is 2.17. The van der Waals surface area contributed by atoms with Crippen molar-refractivity contribution >= 4 is 11.6 Å². The highest BCUT2D eigenvalue weighted by Crippen LogP contribution is 2.03. The van der Waals surface area contributed by atoms with Crippen molar-refractivity contribution in [1.82, 2.24) is 9.66 Å². The molecule has 0 aromatic carbocycles. The monoisotopic (exact) mass is 245 g/mol. The molecule has 1 saturated heterocycles. The fourth-order valence-electron chi connectivity index (χ4n) is 1.60. The molecule has 1 aromatic rings. The molecule has 16 heavy (non-hydrogen) atoms. The largest absolute Gasteiger partial charge is 0.378 e. The quantitative estimate of drug-likeness (QED) is 0.676. The first-order chi connectivity index (χ1) is 7.61. The molecule has 0 atom stereocenters. The SMILES string of the molecule is Cc1c(Cl)[nH]c(=O)n(N2CCOCC2)c1=O. The van der Waals surface area contributed by atoms with Crippen LogP contribution in [0.25, 0.3) is 0 Å². The first kappa shape index (κ1) is 11.2. The molecule has 2 heterocycles. The van der Waals surface area contributed by atoms with Gasteiger partial charge in [0.1, 0.15) is 5.15 Å². The number of aromatic nitrogens is 2. The summed E-state index contributed by atoms with van der Waals surface area (Å²) in [5, 5.41) is 1.76. The predicted octanol–water partition coefficient (Wildman–Crippen LogP) is -0.533. The molecule has 0 amide bonds. The minimum atomic E-state index is -0.512. The van der Waals surface area contributed by atoms with E-state index in [-0.39, 0.29) is 10.7 Å². The van der Waals surface area contributed by atoms with E-state index in [2.05, 4.69) is 4.98 Å². The van der Waals surface area contributed by atoms with E-state index < -0.39 is 5.69 Å². The second-order valence-electron chi connectivity index (χ2n) is 3.55. The van der Waals surface area contributed by atoms with Crippen LogP contribution in [0.1, 0.15) is 5.56 Å². The van der Waals surface area contributed by atoms with E-state index in [4.69, 9.17) is 16.3 Å². The van der Waals surface area contributed by atoms with Crippen molar-refractivity contribution in [3.8, 4) is 0 Å². The van der Waals surface area contributed by atoms with Crippen LogP contribution in [-0.2, 0) is 4.74 Å². The van der Waals surface area contributed by atoms with Gasteiger partial charge in [-0.15, -0.1) is 0 Å². The van der Waals surface area contributed by atoms with Gasteiger partial charge in [0.15, 0.2) is 0 Å². The predicted molar refractivity (Wildman–Crippen MR) is 59.8 cm³/mol. The van der Waals surface area contributed by atoms with Gasteiger partial charge in [0.05, 0.1) is 31.9 Å². The van der Waals surface area contributed by atoms with Crippen molar-refractivity contribution in [2.45, 2.75) is 6.92 Å². The Bertz CT molecular complexity index is 502. The molecule has 0 unspecified atom stereocenters. The van der Waals surface area contributed by atoms with Crippen molar-refractivity contribution < 1.29 is 4.74 Å². The Morgan fingerprint density at radius 3 is 2.56 bits per heavy atom. The molecule has 0 saturated carbocycles. The number of nitrogens with one attached hydrogen (secondary N) is 1. The fourth-order valence-corrected chi connectivity index (χ4v) is 1.76. The third-order valence-corrected chi connectivity index (χ3v) is 2.90. The summed E-state index contributed by atoms with van der Waals surface area (Å²) in [6.45, 7) is 3.63. The Hall–Kier alpha value is -1.27. The van der Waals surface area contributed by atoms with Gasteiger partial charge < -0.3 is 9.75 Å². The molecule has 1 fully saturated rings. The molecule has 0 radical (unpaired) electrons. The molecular weight excluding hydrogens is 234 g/mol. The van der Waals surface area contributed by atoms with Crippen LogP contribution in [0.15, 0.2) is 9.59 Å². The average Bonchev–Trinajstić information content (AvgIpc) is 2.28. The van der Waals surface area contributed by atoms with E-state index in [1.54, 1.807) is 11.9 Å². The maximum atomic E-state index is 11.9. The molecule has 0 aliphatic carbocycles. The van der Waals surface area contributed by atoms with E-state index in [1.165, 1.54) is 0 Å². The molecule has 2 rings (SSSR count). The van der Waals surface area contributed by atoms with Crippen LogP contribution in [0.4, 0.5) is 0 Å². The van der Waals surface area contributed by atoms with Crippen LogP contribution in [0.5, 0.6) is 0 Å². The van der Waals surface area contributed by atoms with E-state index in [9.17, 15) is 9.59 Å². The van der Waals surface area contributed by atoms with Crippen LogP contribution in [0.2, 0.25) is 5.15 Å². The Morgan fingerprint density at radius 1 is 1.31 bits per heavy atom. The molecule has 0 spiro atoms. The highest BCUT2D eigenvalue weighted by molar-refractivity contribution is 6.30. The average molecular weight is 246 g/mol. The van der Waals surface area contributed by atoms with Crippen LogP contribution < -0.4 is 16.3 Å². The minimum Gasteiger partial charge on any atom is -0.378 e. The molecule has 1 aliphatic rings. The first-order valence-corrected chi connectivity index (χ1v) is 5.33. The van der Waals surface area contributed by atoms with Crippen molar-refractivity contribution in [3.05, 3.63) is 31.6 Å². The Labute approximate surface area is 96.4 Å². The second-order valence-corrected chi connectivity index (χ2v) is 3.93. The molecule has 88 valence electrons. The van der Waals surface area contributed by atoms with Crippen molar-refractivity contribution in [2.24, 2.45) is 0 Å². The van der Waals surface area contributed by atoms with Gasteiger partial charge in [0.25, 0.3) is 5.56 Å². The van der Waals surface area contributed by atoms with Crippen LogP contribution in [0, 0.1) is 6.92 Å². The number of nitrogens with zero attached hydrogens (tertiary/aromatic N) is 2. The van der Waals surface area contributed by atoms with Gasteiger partial charge in [-0.25, -0.2) is 4.79 Å². The maximum Gasteiger partial charge on any atom is 0.348 e. The number of ether oxygens (including phenoxy) is 1. The number of halogens is 1. The number of aromatic amines is 1. The Kier molecular flexibility index (Phi) is 3.02. The molecule has 1 aliphatic heterocycles. The topological polar surface area (TPSA) is 67.3 Å². The molecule has 0 bridgehead atoms. The fraction of sp³-hybridized carbons (Fsp3) is 0.556. The maximum absolute atomic E-state index is 11.9. The zero-order valence-corrected chi connectivity index (χ0v) is 9.58. The smallest absolute Gasteiger partial charge is 0.348 e. The number of rotatable bonds is 1. The first-order valence-electron chi connectivity index (χ1n) is 4.95. The summed E-state index contributed by atoms with van der Waals surface area (Å²) < 4.78 is 6.25. The van der Waals surface area contributed by atoms with Gasteiger partial charge in [0.2, 0.25) is 0 Å². The Balaban J connectivity index is 2.51. The highest BCUT2D eigenvalue weighted by atomic mass is 35.5. The summed E-state index contributed by atoms with van der Waals surface area (Å²) in [7, 11) is 0. The number of hydrogen-bond acceptors (Lipinski definition) is 4. The number of morpholine rings is 1. The summed E-state index contributed by atoms with van der Waals surface area (Å²) >= 11 is 5.72. The van der Waals surface area contributed by atoms with Gasteiger partial charge in [-0.2, -0.15) is 4.68 Å². The molecule has 7 heteroatoms. The van der Waals surface area contributed by atoms with Gasteiger partial charge in [-0.3, -0.25) is 9.78 Å².